The Balaban J connectivity index is -0.000000206. The molecule has 604 valence electrons. The maximum atomic E-state index is 11.9. The Labute approximate surface area is 627 Å². The number of carbonyl (C=O) groups excluding carboxylic acids is 11. The van der Waals surface area contributed by atoms with Crippen molar-refractivity contribution in [3.05, 3.63) is 35.9 Å². The van der Waals surface area contributed by atoms with Gasteiger partial charge in [-0.2, -0.15) is 0 Å². The van der Waals surface area contributed by atoms with E-state index in [1.54, 1.807) is 69.2 Å². The molecule has 0 spiro atoms. The van der Waals surface area contributed by atoms with Gasteiger partial charge in [-0.25, -0.2) is 0 Å². The van der Waals surface area contributed by atoms with Crippen molar-refractivity contribution in [2.75, 3.05) is 45.9 Å². The molecule has 4 aliphatic rings. The highest BCUT2D eigenvalue weighted by Gasteiger charge is 2.29. The van der Waals surface area contributed by atoms with E-state index in [2.05, 4.69) is 135 Å². The number of Topliss-reactive ketones (excluding diaryl/α,β-unsaturated/α-hetero) is 5. The lowest BCUT2D eigenvalue weighted by atomic mass is 9.90. The van der Waals surface area contributed by atoms with Gasteiger partial charge in [-0.1, -0.05) is 249 Å². The maximum absolute atomic E-state index is 11.9. The van der Waals surface area contributed by atoms with Gasteiger partial charge in [0.2, 0.25) is 34.8 Å². The van der Waals surface area contributed by atoms with Crippen molar-refractivity contribution in [3.8, 4) is 0 Å². The molecule has 4 fully saturated rings. The van der Waals surface area contributed by atoms with Crippen LogP contribution in [0.3, 0.4) is 0 Å². The number of nitrogens with zero attached hydrogens (tertiary/aromatic N) is 2. The molecule has 103 heavy (non-hydrogen) atoms. The van der Waals surface area contributed by atoms with Gasteiger partial charge in [0.25, 0.3) is 29.5 Å². The Morgan fingerprint density at radius 1 is 0.379 bits per heavy atom. The fourth-order valence-electron chi connectivity index (χ4n) is 8.78. The quantitative estimate of drug-likeness (QED) is 0.0597. The van der Waals surface area contributed by atoms with Crippen LogP contribution in [0.15, 0.2) is 30.3 Å². The van der Waals surface area contributed by atoms with E-state index in [0.29, 0.717) is 70.0 Å². The van der Waals surface area contributed by atoms with Crippen LogP contribution in [0.2, 0.25) is 0 Å². The Bertz CT molecular complexity index is 2250. The number of piperidine rings is 2. The molecule has 2 heterocycles. The summed E-state index contributed by atoms with van der Waals surface area (Å²) in [5.74, 6) is -3.94. The summed E-state index contributed by atoms with van der Waals surface area (Å²) in [6, 6.07) is 10.8. The first-order valence-corrected chi connectivity index (χ1v) is 39.4. The van der Waals surface area contributed by atoms with Gasteiger partial charge in [0, 0.05) is 86.9 Å². The third-order valence-electron chi connectivity index (χ3n) is 14.4. The zero-order valence-electron chi connectivity index (χ0n) is 70.0. The van der Waals surface area contributed by atoms with Crippen LogP contribution in [0.5, 0.6) is 0 Å². The van der Waals surface area contributed by atoms with Crippen molar-refractivity contribution in [2.45, 2.75) is 332 Å². The molecule has 2 aliphatic carbocycles. The van der Waals surface area contributed by atoms with Crippen LogP contribution in [-0.4, -0.2) is 171 Å². The Morgan fingerprint density at radius 2 is 0.670 bits per heavy atom. The van der Waals surface area contributed by atoms with E-state index < -0.39 is 35.3 Å². The Morgan fingerprint density at radius 3 is 0.961 bits per heavy atom. The number of benzene rings is 1. The Hall–Kier alpha value is -5.77. The summed E-state index contributed by atoms with van der Waals surface area (Å²) in [4.78, 5) is 128. The molecule has 6 amide bonds. The molecule has 2 saturated heterocycles. The van der Waals surface area contributed by atoms with Gasteiger partial charge in [0.15, 0.2) is 0 Å². The van der Waals surface area contributed by atoms with Gasteiger partial charge in [0.05, 0.1) is 24.9 Å². The average Bonchev–Trinajstić information content (AvgIpc) is 0.885. The number of aliphatic hydroxyl groups is 4. The number of nitrogens with one attached hydrogen (secondary N) is 4. The van der Waals surface area contributed by atoms with E-state index in [1.807, 2.05) is 32.6 Å². The van der Waals surface area contributed by atoms with Gasteiger partial charge < -0.3 is 51.5 Å². The van der Waals surface area contributed by atoms with Gasteiger partial charge in [-0.05, 0) is 101 Å². The molecule has 0 aromatic heterocycles. The van der Waals surface area contributed by atoms with Gasteiger partial charge in [-0.15, -0.1) is 0 Å². The topological polar surface area (TPSA) is 323 Å². The molecule has 21 heteroatoms. The van der Waals surface area contributed by atoms with Crippen molar-refractivity contribution in [1.29, 1.82) is 0 Å². The molecule has 1 aromatic carbocycles. The maximum Gasteiger partial charge on any atom is 0.290 e. The summed E-state index contributed by atoms with van der Waals surface area (Å²) in [5, 5.41) is 46.4. The van der Waals surface area contributed by atoms with Gasteiger partial charge >= 0.3 is 0 Å². The van der Waals surface area contributed by atoms with Crippen LogP contribution >= 0.6 is 0 Å². The van der Waals surface area contributed by atoms with E-state index >= 15 is 0 Å². The Kier molecular flexibility index (Phi) is 77.1. The molecule has 1 aromatic rings. The minimum Gasteiger partial charge on any atom is -0.395 e. The second kappa shape index (κ2) is 71.8. The number of hydrogen-bond acceptors (Lipinski definition) is 15. The number of aliphatic hydroxyl groups excluding tert-OH is 4. The lowest BCUT2D eigenvalue weighted by molar-refractivity contribution is -0.147. The first-order chi connectivity index (χ1) is 48.2. The molecule has 21 nitrogen and oxygen atoms in total. The minimum absolute atomic E-state index is 0.0589. The number of carbonyl (C=O) groups is 11. The molecule has 0 radical (unpaired) electrons. The molecular formula is C82H156N6O15. The van der Waals surface area contributed by atoms with E-state index in [1.165, 1.54) is 49.0 Å². The molecule has 5 rings (SSSR count). The monoisotopic (exact) mass is 1470 g/mol. The summed E-state index contributed by atoms with van der Waals surface area (Å²) < 4.78 is 0. The van der Waals surface area contributed by atoms with E-state index in [-0.39, 0.29) is 102 Å². The van der Waals surface area contributed by atoms with Crippen LogP contribution in [0, 0.1) is 47.3 Å². The third-order valence-corrected chi connectivity index (χ3v) is 14.4. The predicted molar refractivity (Wildman–Crippen MR) is 422 cm³/mol. The van der Waals surface area contributed by atoms with Crippen LogP contribution in [0.1, 0.15) is 301 Å². The molecular weight excluding hydrogens is 1310 g/mol. The fourth-order valence-corrected chi connectivity index (χ4v) is 8.78. The van der Waals surface area contributed by atoms with Crippen molar-refractivity contribution in [2.24, 2.45) is 47.3 Å². The summed E-state index contributed by atoms with van der Waals surface area (Å²) in [6.07, 6.45) is 17.2. The van der Waals surface area contributed by atoms with Crippen molar-refractivity contribution >= 4 is 64.4 Å². The van der Waals surface area contributed by atoms with Crippen LogP contribution in [0.4, 0.5) is 0 Å². The molecule has 2 aliphatic heterocycles. The fraction of sp³-hybridized carbons (Fsp3) is 0.793. The van der Waals surface area contributed by atoms with Crippen LogP contribution in [-0.2, 0) is 59.2 Å². The second-order valence-electron chi connectivity index (χ2n) is 29.0. The van der Waals surface area contributed by atoms with Gasteiger partial charge in [-0.3, -0.25) is 52.7 Å². The summed E-state index contributed by atoms with van der Waals surface area (Å²) in [6.45, 7) is 53.9. The number of rotatable bonds is 19. The summed E-state index contributed by atoms with van der Waals surface area (Å²) in [5.41, 5.74) is 1.42. The van der Waals surface area contributed by atoms with Crippen LogP contribution in [0.25, 0.3) is 0 Å². The lowest BCUT2D eigenvalue weighted by Crippen LogP contribution is -2.44. The number of likely N-dealkylation sites (tertiary alicyclic amines) is 2. The first kappa shape index (κ1) is 111. The first-order valence-electron chi connectivity index (χ1n) is 39.4. The van der Waals surface area contributed by atoms with E-state index in [0.717, 1.165) is 64.0 Å². The zero-order chi connectivity index (χ0) is 81.3. The van der Waals surface area contributed by atoms with Crippen LogP contribution < -0.4 is 21.3 Å². The number of ketones is 5. The minimum atomic E-state index is -0.617. The smallest absolute Gasteiger partial charge is 0.290 e. The standard InChI is InChI=1S/C16H23NO.2C11H19NO3.C10H17NO3.C9H17NO2.C7H13NO3.6C3H8/c1-13(2)16(18)17-10-8-15(9-11-17)12-14-6-4-3-5-7-14;2*1-7(2)10(14)11(15)12-8-3-5-9(13)6-4-8;1-7(2)9(13)10(14)11-5-3-8(12)4-6-11;1-6(2)5-10-9(12)8(11)7(3)4;1-5(2)6(10)7(11)8-3-4-9;6*1-3-2/h3-7,13,15H,8-12H2,1-2H3;2*7-9,13H,3-6H2,1-2H3,(H,12,15);7-8,12H,3-6H2,1-2H3;6-7H,5H2,1-4H3,(H,10,12);5,9H,3-4H2,1-2H3,(H,8,11);6*3H2,1-2H3. The van der Waals surface area contributed by atoms with Gasteiger partial charge in [0.1, 0.15) is 0 Å². The second-order valence-corrected chi connectivity index (χ2v) is 29.0. The van der Waals surface area contributed by atoms with Crippen molar-refractivity contribution in [3.63, 3.8) is 0 Å². The zero-order valence-corrected chi connectivity index (χ0v) is 70.0. The highest BCUT2D eigenvalue weighted by atomic mass is 16.3. The van der Waals surface area contributed by atoms with E-state index in [4.69, 9.17) is 5.11 Å². The molecule has 8 N–H and O–H groups in total. The number of amides is 6. The third kappa shape index (κ3) is 64.4. The normalized spacial score (nSPS) is 16.6. The predicted octanol–water partition coefficient (Wildman–Crippen LogP) is 13.4. The molecule has 0 bridgehead atoms. The summed E-state index contributed by atoms with van der Waals surface area (Å²) >= 11 is 0. The average molecular weight is 1470 g/mol. The summed E-state index contributed by atoms with van der Waals surface area (Å²) in [7, 11) is 0. The lowest BCUT2D eigenvalue weighted by Gasteiger charge is -2.33. The molecule has 2 saturated carbocycles. The molecule has 0 unspecified atom stereocenters. The van der Waals surface area contributed by atoms with E-state index in [9.17, 15) is 68.1 Å². The highest BCUT2D eigenvalue weighted by Crippen LogP contribution is 2.23. The largest absolute Gasteiger partial charge is 0.395 e. The SMILES string of the molecule is CC(C)C(=O)C(=O)N1CCC(O)CC1.CC(C)C(=O)C(=O)NC1CCC(O)CC1.CC(C)C(=O)C(=O)NC1CCC(O)CC1.CC(C)C(=O)C(=O)NCCO.CC(C)C(=O)N1CCC(Cc2ccccc2)CC1.CC(C)CNC(=O)C(=O)C(C)C.CCC.CCC.CCC.CCC.CCC.CCC. The van der Waals surface area contributed by atoms with Crippen molar-refractivity contribution < 1.29 is 73.2 Å². The molecule has 0 atom stereocenters. The highest BCUT2D eigenvalue weighted by molar-refractivity contribution is 6.38. The number of hydrogen-bond donors (Lipinski definition) is 8. The van der Waals surface area contributed by atoms with Crippen molar-refractivity contribution in [1.82, 2.24) is 31.1 Å².